The number of hydrogen-bond acceptors (Lipinski definition) is 3. The monoisotopic (exact) mass is 241 g/mol. The first-order valence-corrected chi connectivity index (χ1v) is 6.40. The third-order valence-electron chi connectivity index (χ3n) is 4.02. The Morgan fingerprint density at radius 1 is 1.35 bits per heavy atom. The van der Waals surface area contributed by atoms with Gasteiger partial charge in [-0.2, -0.15) is 0 Å². The summed E-state index contributed by atoms with van der Waals surface area (Å²) in [6, 6.07) is 0. The minimum atomic E-state index is -0.391. The predicted octanol–water partition coefficient (Wildman–Crippen LogP) is 1.03. The number of amides is 1. The number of aliphatic hydroxyl groups excluding tert-OH is 1. The van der Waals surface area contributed by atoms with Crippen LogP contribution in [0.2, 0.25) is 0 Å². The molecule has 0 aromatic heterocycles. The Hall–Kier alpha value is -0.610. The number of nitrogens with zero attached hydrogens (tertiary/aromatic N) is 1. The van der Waals surface area contributed by atoms with Gasteiger partial charge in [-0.05, 0) is 12.8 Å². The third kappa shape index (κ3) is 2.33. The standard InChI is InChI=1S/C13H23NO3/c1-12(2,3)11(16)14-8-10(15)13(9-14)4-6-17-7-5-13/h10,15H,4-9H2,1-3H3. The maximum Gasteiger partial charge on any atom is 0.228 e. The van der Waals surface area contributed by atoms with Crippen molar-refractivity contribution in [1.29, 1.82) is 0 Å². The number of β-amino-alcohol motifs (C(OH)–C–C–N with tert-alkyl or cyclic N) is 1. The first-order chi connectivity index (χ1) is 7.85. The maximum atomic E-state index is 12.2. The van der Waals surface area contributed by atoms with Gasteiger partial charge in [0.15, 0.2) is 0 Å². The van der Waals surface area contributed by atoms with Crippen molar-refractivity contribution in [3.05, 3.63) is 0 Å². The lowest BCUT2D eigenvalue weighted by Crippen LogP contribution is -2.41. The number of carbonyl (C=O) groups excluding carboxylic acids is 1. The molecular formula is C13H23NO3. The van der Waals surface area contributed by atoms with Crippen LogP contribution in [0, 0.1) is 10.8 Å². The second-order valence-electron chi connectivity index (χ2n) is 6.43. The molecule has 2 saturated heterocycles. The van der Waals surface area contributed by atoms with Gasteiger partial charge in [-0.3, -0.25) is 4.79 Å². The van der Waals surface area contributed by atoms with Gasteiger partial charge in [0.2, 0.25) is 5.91 Å². The molecule has 1 spiro atoms. The maximum absolute atomic E-state index is 12.2. The SMILES string of the molecule is CC(C)(C)C(=O)N1CC(O)C2(CCOCC2)C1. The molecule has 0 aromatic rings. The third-order valence-corrected chi connectivity index (χ3v) is 4.02. The van der Waals surface area contributed by atoms with E-state index in [1.165, 1.54) is 0 Å². The van der Waals surface area contributed by atoms with Crippen LogP contribution in [0.25, 0.3) is 0 Å². The van der Waals surface area contributed by atoms with Crippen LogP contribution in [0.5, 0.6) is 0 Å². The van der Waals surface area contributed by atoms with Gasteiger partial charge in [0.25, 0.3) is 0 Å². The first-order valence-electron chi connectivity index (χ1n) is 6.40. The average molecular weight is 241 g/mol. The van der Waals surface area contributed by atoms with E-state index in [1.54, 1.807) is 0 Å². The number of rotatable bonds is 0. The summed E-state index contributed by atoms with van der Waals surface area (Å²) < 4.78 is 5.35. The Balaban J connectivity index is 2.09. The number of aliphatic hydroxyl groups is 1. The zero-order valence-corrected chi connectivity index (χ0v) is 11.0. The van der Waals surface area contributed by atoms with E-state index in [1.807, 2.05) is 25.7 Å². The van der Waals surface area contributed by atoms with Crippen molar-refractivity contribution < 1.29 is 14.6 Å². The molecule has 1 atom stereocenters. The van der Waals surface area contributed by atoms with Gasteiger partial charge in [-0.15, -0.1) is 0 Å². The van der Waals surface area contributed by atoms with Crippen LogP contribution >= 0.6 is 0 Å². The normalized spacial score (nSPS) is 28.7. The van der Waals surface area contributed by atoms with Crippen molar-refractivity contribution in [3.8, 4) is 0 Å². The topological polar surface area (TPSA) is 49.8 Å². The highest BCUT2D eigenvalue weighted by Crippen LogP contribution is 2.41. The molecule has 4 nitrogen and oxygen atoms in total. The first kappa shape index (κ1) is 12.8. The van der Waals surface area contributed by atoms with Crippen molar-refractivity contribution in [2.24, 2.45) is 10.8 Å². The Morgan fingerprint density at radius 2 is 1.94 bits per heavy atom. The van der Waals surface area contributed by atoms with Crippen LogP contribution < -0.4 is 0 Å². The van der Waals surface area contributed by atoms with Crippen LogP contribution in [0.1, 0.15) is 33.6 Å². The van der Waals surface area contributed by atoms with Crippen LogP contribution in [0.15, 0.2) is 0 Å². The van der Waals surface area contributed by atoms with Gasteiger partial charge in [-0.25, -0.2) is 0 Å². The Bertz CT molecular complexity index is 302. The summed E-state index contributed by atoms with van der Waals surface area (Å²) in [5.74, 6) is 0.139. The molecule has 4 heteroatoms. The summed E-state index contributed by atoms with van der Waals surface area (Å²) in [5, 5.41) is 10.2. The summed E-state index contributed by atoms with van der Waals surface area (Å²) in [4.78, 5) is 14.1. The van der Waals surface area contributed by atoms with Gasteiger partial charge in [0.05, 0.1) is 6.10 Å². The molecule has 2 aliphatic rings. The van der Waals surface area contributed by atoms with Gasteiger partial charge in [0.1, 0.15) is 0 Å². The molecule has 1 N–H and O–H groups in total. The number of likely N-dealkylation sites (tertiary alicyclic amines) is 1. The summed E-state index contributed by atoms with van der Waals surface area (Å²) >= 11 is 0. The highest BCUT2D eigenvalue weighted by Gasteiger charge is 2.49. The molecule has 2 heterocycles. The van der Waals surface area contributed by atoms with Crippen molar-refractivity contribution in [2.75, 3.05) is 26.3 Å². The molecule has 17 heavy (non-hydrogen) atoms. The molecule has 0 aromatic carbocycles. The molecule has 0 radical (unpaired) electrons. The zero-order chi connectivity index (χ0) is 12.7. The minimum absolute atomic E-state index is 0.112. The molecule has 0 aliphatic carbocycles. The molecule has 2 rings (SSSR count). The smallest absolute Gasteiger partial charge is 0.228 e. The fourth-order valence-corrected chi connectivity index (χ4v) is 2.85. The van der Waals surface area contributed by atoms with E-state index in [4.69, 9.17) is 4.74 Å². The van der Waals surface area contributed by atoms with E-state index < -0.39 is 6.10 Å². The lowest BCUT2D eigenvalue weighted by molar-refractivity contribution is -0.139. The molecule has 2 aliphatic heterocycles. The summed E-state index contributed by atoms with van der Waals surface area (Å²) in [7, 11) is 0. The fourth-order valence-electron chi connectivity index (χ4n) is 2.85. The van der Waals surface area contributed by atoms with Crippen LogP contribution in [-0.4, -0.2) is 48.3 Å². The summed E-state index contributed by atoms with van der Waals surface area (Å²) in [6.45, 7) is 8.36. The van der Waals surface area contributed by atoms with E-state index in [2.05, 4.69) is 0 Å². The van der Waals surface area contributed by atoms with Crippen molar-refractivity contribution in [3.63, 3.8) is 0 Å². The quantitative estimate of drug-likeness (QED) is 0.689. The lowest BCUT2D eigenvalue weighted by Gasteiger charge is -2.35. The molecule has 0 saturated carbocycles. The summed E-state index contributed by atoms with van der Waals surface area (Å²) in [5.41, 5.74) is -0.477. The lowest BCUT2D eigenvalue weighted by atomic mass is 9.77. The number of hydrogen-bond donors (Lipinski definition) is 1. The van der Waals surface area contributed by atoms with Gasteiger partial charge < -0.3 is 14.7 Å². The molecule has 2 fully saturated rings. The van der Waals surface area contributed by atoms with Crippen molar-refractivity contribution in [2.45, 2.75) is 39.7 Å². The molecule has 1 amide bonds. The van der Waals surface area contributed by atoms with Crippen molar-refractivity contribution >= 4 is 5.91 Å². The highest BCUT2D eigenvalue weighted by molar-refractivity contribution is 5.82. The molecule has 1 unspecified atom stereocenters. The molecule has 0 bridgehead atoms. The van der Waals surface area contributed by atoms with E-state index in [0.29, 0.717) is 26.3 Å². The fraction of sp³-hybridized carbons (Fsp3) is 0.923. The van der Waals surface area contributed by atoms with Gasteiger partial charge in [0, 0.05) is 37.1 Å². The van der Waals surface area contributed by atoms with Gasteiger partial charge in [-0.1, -0.05) is 20.8 Å². The Morgan fingerprint density at radius 3 is 2.47 bits per heavy atom. The second-order valence-corrected chi connectivity index (χ2v) is 6.43. The minimum Gasteiger partial charge on any atom is -0.391 e. The predicted molar refractivity (Wildman–Crippen MR) is 64.5 cm³/mol. The number of ether oxygens (including phenoxy) is 1. The molecule has 98 valence electrons. The van der Waals surface area contributed by atoms with E-state index in [-0.39, 0.29) is 16.7 Å². The van der Waals surface area contributed by atoms with E-state index in [0.717, 1.165) is 12.8 Å². The highest BCUT2D eigenvalue weighted by atomic mass is 16.5. The van der Waals surface area contributed by atoms with Gasteiger partial charge >= 0.3 is 0 Å². The Kier molecular flexibility index (Phi) is 3.21. The van der Waals surface area contributed by atoms with Crippen LogP contribution in [-0.2, 0) is 9.53 Å². The Labute approximate surface area is 103 Å². The van der Waals surface area contributed by atoms with Crippen LogP contribution in [0.3, 0.4) is 0 Å². The average Bonchev–Trinajstić information content (AvgIpc) is 2.55. The van der Waals surface area contributed by atoms with Crippen molar-refractivity contribution in [1.82, 2.24) is 4.90 Å². The van der Waals surface area contributed by atoms with E-state index in [9.17, 15) is 9.90 Å². The number of carbonyl (C=O) groups is 1. The largest absolute Gasteiger partial charge is 0.391 e. The second kappa shape index (κ2) is 4.25. The molecular weight excluding hydrogens is 218 g/mol. The van der Waals surface area contributed by atoms with E-state index >= 15 is 0 Å². The van der Waals surface area contributed by atoms with Crippen LogP contribution in [0.4, 0.5) is 0 Å². The zero-order valence-electron chi connectivity index (χ0n) is 11.0. The summed E-state index contributed by atoms with van der Waals surface area (Å²) in [6.07, 6.45) is 1.34.